The van der Waals surface area contributed by atoms with Crippen LogP contribution in [0.1, 0.15) is 26.7 Å². The summed E-state index contributed by atoms with van der Waals surface area (Å²) in [4.78, 5) is 10.2. The van der Waals surface area contributed by atoms with Crippen molar-refractivity contribution in [3.8, 4) is 0 Å². The van der Waals surface area contributed by atoms with Gasteiger partial charge in [-0.15, -0.1) is 0 Å². The maximum Gasteiger partial charge on any atom is 0.306 e. The van der Waals surface area contributed by atoms with E-state index in [1.54, 1.807) is 0 Å². The van der Waals surface area contributed by atoms with E-state index in [0.717, 1.165) is 6.42 Å². The number of carbonyl (C=O) groups is 1. The van der Waals surface area contributed by atoms with E-state index in [0.29, 0.717) is 0 Å². The smallest absolute Gasteiger partial charge is 0.306 e. The summed E-state index contributed by atoms with van der Waals surface area (Å²) in [5, 5.41) is 17.7. The fourth-order valence-electron chi connectivity index (χ4n) is 0.966. The lowest BCUT2D eigenvalue weighted by Gasteiger charge is -2.22. The van der Waals surface area contributed by atoms with Crippen LogP contribution in [0.3, 0.4) is 0 Å². The van der Waals surface area contributed by atoms with Gasteiger partial charge in [0.2, 0.25) is 0 Å². The topological polar surface area (TPSA) is 83.5 Å². The lowest BCUT2D eigenvalue weighted by atomic mass is 9.94. The Balaban J connectivity index is 3.91. The molecular weight excluding hydrogens is 158 g/mol. The predicted octanol–water partition coefficient (Wildman–Crippen LogP) is 0.195. The van der Waals surface area contributed by atoms with Crippen molar-refractivity contribution in [1.29, 1.82) is 0 Å². The molecule has 4 nitrogen and oxygen atoms in total. The van der Waals surface area contributed by atoms with Crippen molar-refractivity contribution < 1.29 is 15.0 Å². The molecule has 0 bridgehead atoms. The van der Waals surface area contributed by atoms with E-state index in [1.807, 2.05) is 13.8 Å². The van der Waals surface area contributed by atoms with E-state index in [9.17, 15) is 9.90 Å². The normalized spacial score (nSPS) is 18.3. The number of carboxylic acid groups (broad SMARTS) is 1. The van der Waals surface area contributed by atoms with E-state index in [1.165, 1.54) is 0 Å². The summed E-state index contributed by atoms with van der Waals surface area (Å²) in [5.41, 5.74) is 5.61. The molecule has 12 heavy (non-hydrogen) atoms. The highest BCUT2D eigenvalue weighted by Gasteiger charge is 2.22. The minimum Gasteiger partial charge on any atom is -0.481 e. The molecule has 72 valence electrons. The van der Waals surface area contributed by atoms with Crippen molar-refractivity contribution in [2.45, 2.75) is 38.8 Å². The van der Waals surface area contributed by atoms with Crippen molar-refractivity contribution >= 4 is 5.97 Å². The number of aliphatic hydroxyl groups excluding tert-OH is 1. The summed E-state index contributed by atoms with van der Waals surface area (Å²) < 4.78 is 0. The molecule has 0 rings (SSSR count). The largest absolute Gasteiger partial charge is 0.481 e. The highest BCUT2D eigenvalue weighted by molar-refractivity contribution is 5.67. The van der Waals surface area contributed by atoms with Gasteiger partial charge < -0.3 is 15.9 Å². The van der Waals surface area contributed by atoms with Crippen LogP contribution in [-0.4, -0.2) is 28.3 Å². The Bertz CT molecular complexity index is 149. The first kappa shape index (κ1) is 11.4. The third-order valence-electron chi connectivity index (χ3n) is 2.13. The molecule has 4 heteroatoms. The Morgan fingerprint density at radius 2 is 2.08 bits per heavy atom. The zero-order valence-electron chi connectivity index (χ0n) is 7.53. The quantitative estimate of drug-likeness (QED) is 0.557. The molecule has 0 aromatic rings. The molecule has 0 saturated heterocycles. The molecule has 0 aliphatic heterocycles. The molecule has 0 fully saturated rings. The average Bonchev–Trinajstić information content (AvgIpc) is 2.00. The number of hydrogen-bond donors (Lipinski definition) is 3. The third kappa shape index (κ3) is 3.69. The van der Waals surface area contributed by atoms with E-state index in [4.69, 9.17) is 10.8 Å². The highest BCUT2D eigenvalue weighted by Crippen LogP contribution is 2.10. The third-order valence-corrected chi connectivity index (χ3v) is 2.13. The molecule has 4 N–H and O–H groups in total. The van der Waals surface area contributed by atoms with Crippen LogP contribution >= 0.6 is 0 Å². The van der Waals surface area contributed by atoms with Gasteiger partial charge in [0.05, 0.1) is 12.5 Å². The van der Waals surface area contributed by atoms with Crippen LogP contribution in [0.4, 0.5) is 0 Å². The second-order valence-corrected chi connectivity index (χ2v) is 3.13. The van der Waals surface area contributed by atoms with Gasteiger partial charge in [-0.3, -0.25) is 4.79 Å². The van der Waals surface area contributed by atoms with Crippen molar-refractivity contribution in [2.24, 2.45) is 11.7 Å². The van der Waals surface area contributed by atoms with Crippen LogP contribution in [0.15, 0.2) is 0 Å². The van der Waals surface area contributed by atoms with Gasteiger partial charge in [0.25, 0.3) is 0 Å². The van der Waals surface area contributed by atoms with Crippen LogP contribution in [-0.2, 0) is 4.79 Å². The Labute approximate surface area is 72.4 Å². The fourth-order valence-corrected chi connectivity index (χ4v) is 0.966. The number of hydrogen-bond acceptors (Lipinski definition) is 3. The summed E-state index contributed by atoms with van der Waals surface area (Å²) in [6.07, 6.45) is -0.360. The Morgan fingerprint density at radius 1 is 1.58 bits per heavy atom. The molecular formula is C8H17NO3. The highest BCUT2D eigenvalue weighted by atomic mass is 16.4. The monoisotopic (exact) mass is 175 g/mol. The summed E-state index contributed by atoms with van der Waals surface area (Å²) >= 11 is 0. The van der Waals surface area contributed by atoms with E-state index in [-0.39, 0.29) is 12.3 Å². The van der Waals surface area contributed by atoms with E-state index < -0.39 is 18.1 Å². The molecule has 0 aromatic carbocycles. The number of nitrogens with two attached hydrogens (primary N) is 1. The maximum atomic E-state index is 10.2. The van der Waals surface area contributed by atoms with Crippen molar-refractivity contribution in [3.05, 3.63) is 0 Å². The van der Waals surface area contributed by atoms with E-state index >= 15 is 0 Å². The minimum absolute atomic E-state index is 0.152. The first-order valence-corrected chi connectivity index (χ1v) is 4.14. The van der Waals surface area contributed by atoms with Crippen LogP contribution in [0.25, 0.3) is 0 Å². The maximum absolute atomic E-state index is 10.2. The Kier molecular flexibility index (Phi) is 4.85. The summed E-state index contributed by atoms with van der Waals surface area (Å²) in [5.74, 6) is -0.861. The fraction of sp³-hybridized carbons (Fsp3) is 0.875. The van der Waals surface area contributed by atoms with Gasteiger partial charge in [0.15, 0.2) is 0 Å². The molecule has 0 aliphatic carbocycles. The zero-order chi connectivity index (χ0) is 9.72. The van der Waals surface area contributed by atoms with Crippen LogP contribution in [0.2, 0.25) is 0 Å². The van der Waals surface area contributed by atoms with Crippen LogP contribution in [0, 0.1) is 5.92 Å². The molecule has 0 amide bonds. The molecule has 3 atom stereocenters. The summed E-state index contributed by atoms with van der Waals surface area (Å²) in [6, 6.07) is -0.439. The number of aliphatic carboxylic acids is 1. The molecule has 0 aromatic heterocycles. The van der Waals surface area contributed by atoms with Gasteiger partial charge in [0.1, 0.15) is 0 Å². The van der Waals surface area contributed by atoms with Gasteiger partial charge in [-0.2, -0.15) is 0 Å². The van der Waals surface area contributed by atoms with Gasteiger partial charge in [-0.1, -0.05) is 20.3 Å². The van der Waals surface area contributed by atoms with Crippen molar-refractivity contribution in [2.75, 3.05) is 0 Å². The van der Waals surface area contributed by atoms with Gasteiger partial charge >= 0.3 is 5.97 Å². The zero-order valence-corrected chi connectivity index (χ0v) is 7.53. The lowest BCUT2D eigenvalue weighted by molar-refractivity contribution is -0.139. The van der Waals surface area contributed by atoms with Crippen molar-refractivity contribution in [3.63, 3.8) is 0 Å². The molecule has 0 saturated carbocycles. The molecule has 0 radical (unpaired) electrons. The van der Waals surface area contributed by atoms with Crippen molar-refractivity contribution in [1.82, 2.24) is 0 Å². The van der Waals surface area contributed by atoms with E-state index in [2.05, 4.69) is 0 Å². The second kappa shape index (κ2) is 5.11. The van der Waals surface area contributed by atoms with Gasteiger partial charge in [-0.25, -0.2) is 0 Å². The molecule has 0 spiro atoms. The minimum atomic E-state index is -1.01. The number of rotatable bonds is 5. The summed E-state index contributed by atoms with van der Waals surface area (Å²) in [7, 11) is 0. The second-order valence-electron chi connectivity index (χ2n) is 3.13. The Hall–Kier alpha value is -0.610. The molecule has 0 heterocycles. The first-order chi connectivity index (χ1) is 5.49. The SMILES string of the molecule is CC[C@@H](C)[C@H](N)[C@@H](O)CC(=O)O. The molecule has 0 aliphatic rings. The van der Waals surface area contributed by atoms with Crippen LogP contribution in [0.5, 0.6) is 0 Å². The standard InChI is InChI=1S/C8H17NO3/c1-3-5(2)8(9)6(10)4-7(11)12/h5-6,8,10H,3-4,9H2,1-2H3,(H,11,12)/t5-,6+,8+/m1/s1. The lowest BCUT2D eigenvalue weighted by Crippen LogP contribution is -2.41. The average molecular weight is 175 g/mol. The van der Waals surface area contributed by atoms with Gasteiger partial charge in [-0.05, 0) is 5.92 Å². The van der Waals surface area contributed by atoms with Gasteiger partial charge in [0, 0.05) is 6.04 Å². The predicted molar refractivity (Wildman–Crippen MR) is 45.7 cm³/mol. The molecule has 0 unspecified atom stereocenters. The number of carboxylic acids is 1. The van der Waals surface area contributed by atoms with Crippen LogP contribution < -0.4 is 5.73 Å². The summed E-state index contributed by atoms with van der Waals surface area (Å²) in [6.45, 7) is 3.85. The number of aliphatic hydroxyl groups is 1. The first-order valence-electron chi connectivity index (χ1n) is 4.14. The Morgan fingerprint density at radius 3 is 2.42 bits per heavy atom.